The van der Waals surface area contributed by atoms with E-state index in [1.54, 1.807) is 18.2 Å². The molecule has 0 aliphatic carbocycles. The molecule has 3 rings (SSSR count). The molecule has 0 radical (unpaired) electrons. The number of hydrogen-bond acceptors (Lipinski definition) is 5. The lowest BCUT2D eigenvalue weighted by Crippen LogP contribution is -2.40. The van der Waals surface area contributed by atoms with Crippen LogP contribution in [0.1, 0.15) is 26.2 Å². The number of nitrogens with one attached hydrogen (secondary N) is 1. The van der Waals surface area contributed by atoms with Crippen molar-refractivity contribution in [3.05, 3.63) is 34.6 Å². The van der Waals surface area contributed by atoms with Crippen molar-refractivity contribution in [3.63, 3.8) is 0 Å². The van der Waals surface area contributed by atoms with Crippen molar-refractivity contribution >= 4 is 16.8 Å². The Morgan fingerprint density at radius 3 is 3.04 bits per heavy atom. The standard InChI is InChI=1S/C17H23N5O2/c1-2-21-10-5-6-13(21)12-18-16(23)9-11-22-17(24)14-7-3-4-8-15(14)19-20-22/h3-4,7-8,13H,2,5-6,9-12H2,1H3,(H,18,23). The van der Waals surface area contributed by atoms with Crippen LogP contribution < -0.4 is 10.9 Å². The first-order chi connectivity index (χ1) is 11.7. The molecule has 2 aromatic rings. The number of hydrogen-bond donors (Lipinski definition) is 1. The Balaban J connectivity index is 1.55. The van der Waals surface area contributed by atoms with Gasteiger partial charge in [0.2, 0.25) is 5.91 Å². The average Bonchev–Trinajstić information content (AvgIpc) is 3.07. The second-order valence-corrected chi connectivity index (χ2v) is 6.11. The van der Waals surface area contributed by atoms with E-state index >= 15 is 0 Å². The van der Waals surface area contributed by atoms with Crippen LogP contribution >= 0.6 is 0 Å². The molecule has 0 spiro atoms. The van der Waals surface area contributed by atoms with E-state index in [9.17, 15) is 9.59 Å². The van der Waals surface area contributed by atoms with Gasteiger partial charge in [0.25, 0.3) is 5.56 Å². The molecule has 1 unspecified atom stereocenters. The number of aryl methyl sites for hydroxylation is 1. The zero-order valence-corrected chi connectivity index (χ0v) is 13.9. The van der Waals surface area contributed by atoms with Crippen LogP contribution in [-0.4, -0.2) is 51.5 Å². The number of amides is 1. The summed E-state index contributed by atoms with van der Waals surface area (Å²) in [4.78, 5) is 26.8. The van der Waals surface area contributed by atoms with E-state index < -0.39 is 0 Å². The zero-order valence-electron chi connectivity index (χ0n) is 13.9. The molecule has 1 atom stereocenters. The Labute approximate surface area is 140 Å². The molecule has 7 nitrogen and oxygen atoms in total. The van der Waals surface area contributed by atoms with Crippen molar-refractivity contribution in [1.82, 2.24) is 25.2 Å². The molecule has 1 aliphatic heterocycles. The van der Waals surface area contributed by atoms with E-state index in [2.05, 4.69) is 27.5 Å². The summed E-state index contributed by atoms with van der Waals surface area (Å²) in [5.41, 5.74) is 0.366. The van der Waals surface area contributed by atoms with Crippen LogP contribution in [0, 0.1) is 0 Å². The summed E-state index contributed by atoms with van der Waals surface area (Å²) in [6.45, 7) is 5.18. The normalized spacial score (nSPS) is 18.1. The highest BCUT2D eigenvalue weighted by Crippen LogP contribution is 2.15. The van der Waals surface area contributed by atoms with Gasteiger partial charge in [0.15, 0.2) is 0 Å². The second kappa shape index (κ2) is 7.53. The Kier molecular flexibility index (Phi) is 5.20. The monoisotopic (exact) mass is 329 g/mol. The minimum Gasteiger partial charge on any atom is -0.354 e. The largest absolute Gasteiger partial charge is 0.354 e. The lowest BCUT2D eigenvalue weighted by molar-refractivity contribution is -0.121. The van der Waals surface area contributed by atoms with Crippen LogP contribution in [-0.2, 0) is 11.3 Å². The van der Waals surface area contributed by atoms with E-state index in [-0.39, 0.29) is 24.4 Å². The molecule has 2 heterocycles. The molecule has 128 valence electrons. The number of nitrogens with zero attached hydrogens (tertiary/aromatic N) is 4. The molecular formula is C17H23N5O2. The highest BCUT2D eigenvalue weighted by atomic mass is 16.2. The molecule has 1 aromatic carbocycles. The summed E-state index contributed by atoms with van der Waals surface area (Å²) in [7, 11) is 0. The first-order valence-electron chi connectivity index (χ1n) is 8.52. The predicted molar refractivity (Wildman–Crippen MR) is 91.7 cm³/mol. The Hall–Kier alpha value is -2.28. The minimum atomic E-state index is -0.207. The molecule has 24 heavy (non-hydrogen) atoms. The summed E-state index contributed by atoms with van der Waals surface area (Å²) in [6, 6.07) is 7.52. The fourth-order valence-corrected chi connectivity index (χ4v) is 3.24. The molecule has 1 aromatic heterocycles. The third-order valence-electron chi connectivity index (χ3n) is 4.62. The first-order valence-corrected chi connectivity index (χ1v) is 8.52. The highest BCUT2D eigenvalue weighted by Gasteiger charge is 2.23. The molecule has 7 heteroatoms. The lowest BCUT2D eigenvalue weighted by Gasteiger charge is -2.22. The van der Waals surface area contributed by atoms with Gasteiger partial charge < -0.3 is 5.32 Å². The number of fused-ring (bicyclic) bond motifs is 1. The third kappa shape index (κ3) is 3.62. The van der Waals surface area contributed by atoms with Gasteiger partial charge in [-0.25, -0.2) is 4.68 Å². The fraction of sp³-hybridized carbons (Fsp3) is 0.529. The minimum absolute atomic E-state index is 0.0557. The van der Waals surface area contributed by atoms with Gasteiger partial charge in [-0.2, -0.15) is 0 Å². The maximum atomic E-state index is 12.3. The van der Waals surface area contributed by atoms with Crippen LogP contribution in [0.5, 0.6) is 0 Å². The van der Waals surface area contributed by atoms with Crippen LogP contribution in [0.15, 0.2) is 29.1 Å². The van der Waals surface area contributed by atoms with Gasteiger partial charge in [0.05, 0.1) is 11.9 Å². The van der Waals surface area contributed by atoms with Crippen molar-refractivity contribution in [1.29, 1.82) is 0 Å². The number of carbonyl (C=O) groups excluding carboxylic acids is 1. The Morgan fingerprint density at radius 1 is 1.38 bits per heavy atom. The number of likely N-dealkylation sites (N-methyl/N-ethyl adjacent to an activating group) is 1. The quantitative estimate of drug-likeness (QED) is 0.847. The fourth-order valence-electron chi connectivity index (χ4n) is 3.24. The molecular weight excluding hydrogens is 306 g/mol. The molecule has 1 amide bonds. The number of aromatic nitrogens is 3. The SMILES string of the molecule is CCN1CCCC1CNC(=O)CCn1nnc2ccccc2c1=O. The molecule has 1 N–H and O–H groups in total. The van der Waals surface area contributed by atoms with Crippen LogP contribution in [0.2, 0.25) is 0 Å². The second-order valence-electron chi connectivity index (χ2n) is 6.11. The molecule has 1 fully saturated rings. The maximum Gasteiger partial charge on any atom is 0.277 e. The van der Waals surface area contributed by atoms with E-state index in [0.717, 1.165) is 19.5 Å². The lowest BCUT2D eigenvalue weighted by atomic mass is 10.2. The molecule has 0 bridgehead atoms. The van der Waals surface area contributed by atoms with Crippen molar-refractivity contribution in [3.8, 4) is 0 Å². The van der Waals surface area contributed by atoms with Crippen molar-refractivity contribution < 1.29 is 4.79 Å². The number of carbonyl (C=O) groups is 1. The Bertz CT molecular complexity index is 773. The van der Waals surface area contributed by atoms with E-state index in [1.807, 2.05) is 6.07 Å². The number of benzene rings is 1. The summed E-state index contributed by atoms with van der Waals surface area (Å²) < 4.78 is 1.26. The number of likely N-dealkylation sites (tertiary alicyclic amines) is 1. The predicted octanol–water partition coefficient (Wildman–Crippen LogP) is 0.782. The maximum absolute atomic E-state index is 12.3. The van der Waals surface area contributed by atoms with Gasteiger partial charge in [-0.3, -0.25) is 14.5 Å². The van der Waals surface area contributed by atoms with Crippen molar-refractivity contribution in [2.75, 3.05) is 19.6 Å². The number of rotatable bonds is 6. The van der Waals surface area contributed by atoms with Gasteiger partial charge in [-0.05, 0) is 38.1 Å². The molecule has 1 saturated heterocycles. The molecule has 1 aliphatic rings. The Morgan fingerprint density at radius 2 is 2.21 bits per heavy atom. The van der Waals surface area contributed by atoms with E-state index in [4.69, 9.17) is 0 Å². The van der Waals surface area contributed by atoms with Crippen LogP contribution in [0.3, 0.4) is 0 Å². The summed E-state index contributed by atoms with van der Waals surface area (Å²) >= 11 is 0. The topological polar surface area (TPSA) is 80.1 Å². The van der Waals surface area contributed by atoms with Gasteiger partial charge in [0.1, 0.15) is 5.52 Å². The third-order valence-corrected chi connectivity index (χ3v) is 4.62. The summed E-state index contributed by atoms with van der Waals surface area (Å²) in [6.07, 6.45) is 2.55. The summed E-state index contributed by atoms with van der Waals surface area (Å²) in [5, 5.41) is 11.4. The van der Waals surface area contributed by atoms with E-state index in [1.165, 1.54) is 11.1 Å². The summed E-state index contributed by atoms with van der Waals surface area (Å²) in [5.74, 6) is -0.0557. The van der Waals surface area contributed by atoms with Crippen LogP contribution in [0.25, 0.3) is 10.9 Å². The van der Waals surface area contributed by atoms with Gasteiger partial charge in [0, 0.05) is 19.0 Å². The van der Waals surface area contributed by atoms with Gasteiger partial charge in [-0.1, -0.05) is 24.3 Å². The average molecular weight is 329 g/mol. The van der Waals surface area contributed by atoms with E-state index in [0.29, 0.717) is 23.5 Å². The molecule has 0 saturated carbocycles. The van der Waals surface area contributed by atoms with Crippen molar-refractivity contribution in [2.45, 2.75) is 38.8 Å². The highest BCUT2D eigenvalue weighted by molar-refractivity contribution is 5.77. The smallest absolute Gasteiger partial charge is 0.277 e. The van der Waals surface area contributed by atoms with Crippen LogP contribution in [0.4, 0.5) is 0 Å². The van der Waals surface area contributed by atoms with Crippen molar-refractivity contribution in [2.24, 2.45) is 0 Å². The van der Waals surface area contributed by atoms with Gasteiger partial charge >= 0.3 is 0 Å². The zero-order chi connectivity index (χ0) is 16.9. The first kappa shape index (κ1) is 16.6. The van der Waals surface area contributed by atoms with Gasteiger partial charge in [-0.15, -0.1) is 5.10 Å².